The Bertz CT molecular complexity index is 637. The summed E-state index contributed by atoms with van der Waals surface area (Å²) >= 11 is 0. The first kappa shape index (κ1) is 18.2. The van der Waals surface area contributed by atoms with Crippen LogP contribution in [0.5, 0.6) is 11.5 Å². The average molecular weight is 346 g/mol. The third kappa shape index (κ3) is 3.17. The van der Waals surface area contributed by atoms with Crippen LogP contribution < -0.4 is 9.47 Å². The summed E-state index contributed by atoms with van der Waals surface area (Å²) in [5, 5.41) is 10.8. The zero-order valence-corrected chi connectivity index (χ0v) is 15.7. The molecule has 1 aromatic carbocycles. The van der Waals surface area contributed by atoms with E-state index in [1.165, 1.54) is 12.8 Å². The Morgan fingerprint density at radius 1 is 1.16 bits per heavy atom. The van der Waals surface area contributed by atoms with Crippen LogP contribution in [0.1, 0.15) is 56.3 Å². The SMILES string of the molecule is COc1ccc(OC)c(C(=O)[C@H]2CC(O)C(C)(C)C3CCCCC32)c1. The predicted molar refractivity (Wildman–Crippen MR) is 97.2 cm³/mol. The quantitative estimate of drug-likeness (QED) is 0.834. The van der Waals surface area contributed by atoms with Crippen molar-refractivity contribution in [2.24, 2.45) is 23.2 Å². The maximum Gasteiger partial charge on any atom is 0.170 e. The van der Waals surface area contributed by atoms with Gasteiger partial charge in [0.05, 0.1) is 25.9 Å². The van der Waals surface area contributed by atoms with E-state index in [-0.39, 0.29) is 17.1 Å². The summed E-state index contributed by atoms with van der Waals surface area (Å²) in [5.74, 6) is 1.92. The van der Waals surface area contributed by atoms with Crippen molar-refractivity contribution < 1.29 is 19.4 Å². The maximum atomic E-state index is 13.4. The summed E-state index contributed by atoms with van der Waals surface area (Å²) in [6, 6.07) is 5.36. The number of aliphatic hydroxyl groups excluding tert-OH is 1. The van der Waals surface area contributed by atoms with Gasteiger partial charge in [0.1, 0.15) is 11.5 Å². The van der Waals surface area contributed by atoms with Crippen LogP contribution in [0, 0.1) is 23.2 Å². The highest BCUT2D eigenvalue weighted by molar-refractivity contribution is 6.01. The van der Waals surface area contributed by atoms with E-state index in [2.05, 4.69) is 13.8 Å². The van der Waals surface area contributed by atoms with Crippen molar-refractivity contribution in [1.82, 2.24) is 0 Å². The van der Waals surface area contributed by atoms with Crippen LogP contribution in [0.15, 0.2) is 18.2 Å². The van der Waals surface area contributed by atoms with Gasteiger partial charge in [0.25, 0.3) is 0 Å². The first-order valence-electron chi connectivity index (χ1n) is 9.34. The van der Waals surface area contributed by atoms with Crippen LogP contribution in [0.4, 0.5) is 0 Å². The number of rotatable bonds is 4. The van der Waals surface area contributed by atoms with E-state index < -0.39 is 6.10 Å². The average Bonchev–Trinajstić information content (AvgIpc) is 2.63. The van der Waals surface area contributed by atoms with E-state index in [0.717, 1.165) is 12.8 Å². The molecule has 3 rings (SSSR count). The van der Waals surface area contributed by atoms with Gasteiger partial charge in [-0.15, -0.1) is 0 Å². The second kappa shape index (κ2) is 6.99. The molecule has 0 radical (unpaired) electrons. The number of carbonyl (C=O) groups excluding carboxylic acids is 1. The highest BCUT2D eigenvalue weighted by Gasteiger charge is 2.51. The Morgan fingerprint density at radius 3 is 2.56 bits per heavy atom. The summed E-state index contributed by atoms with van der Waals surface area (Å²) < 4.78 is 10.7. The molecule has 0 amide bonds. The topological polar surface area (TPSA) is 55.8 Å². The normalized spacial score (nSPS) is 31.1. The molecule has 25 heavy (non-hydrogen) atoms. The standard InChI is InChI=1S/C21H30O4/c1-21(2)17-8-6-5-7-14(17)15(12-19(21)22)20(23)16-11-13(24-3)9-10-18(16)25-4/h9-11,14-15,17,19,22H,5-8,12H2,1-4H3/t14?,15-,17?,19?/m0/s1. The number of ketones is 1. The van der Waals surface area contributed by atoms with Crippen molar-refractivity contribution in [2.45, 2.75) is 52.1 Å². The van der Waals surface area contributed by atoms with E-state index in [9.17, 15) is 9.90 Å². The molecule has 4 heteroatoms. The number of ether oxygens (including phenoxy) is 2. The Balaban J connectivity index is 1.96. The number of methoxy groups -OCH3 is 2. The van der Waals surface area contributed by atoms with E-state index in [1.807, 2.05) is 0 Å². The lowest BCUT2D eigenvalue weighted by molar-refractivity contribution is -0.0907. The molecule has 0 aliphatic heterocycles. The molecule has 2 fully saturated rings. The van der Waals surface area contributed by atoms with Crippen molar-refractivity contribution >= 4 is 5.78 Å². The molecule has 4 atom stereocenters. The third-order valence-electron chi connectivity index (χ3n) is 6.64. The summed E-state index contributed by atoms with van der Waals surface area (Å²) in [5.41, 5.74) is 0.448. The van der Waals surface area contributed by atoms with E-state index in [0.29, 0.717) is 35.3 Å². The molecule has 2 aliphatic carbocycles. The van der Waals surface area contributed by atoms with E-state index in [4.69, 9.17) is 9.47 Å². The van der Waals surface area contributed by atoms with Crippen molar-refractivity contribution in [3.05, 3.63) is 23.8 Å². The molecule has 0 spiro atoms. The van der Waals surface area contributed by atoms with Crippen molar-refractivity contribution in [2.75, 3.05) is 14.2 Å². The van der Waals surface area contributed by atoms with Gasteiger partial charge in [0.15, 0.2) is 5.78 Å². The van der Waals surface area contributed by atoms with Gasteiger partial charge in [-0.2, -0.15) is 0 Å². The van der Waals surface area contributed by atoms with Crippen LogP contribution in [0.25, 0.3) is 0 Å². The molecule has 2 saturated carbocycles. The van der Waals surface area contributed by atoms with Crippen LogP contribution >= 0.6 is 0 Å². The van der Waals surface area contributed by atoms with Crippen molar-refractivity contribution in [1.29, 1.82) is 0 Å². The molecule has 1 aromatic rings. The van der Waals surface area contributed by atoms with Crippen molar-refractivity contribution in [3.63, 3.8) is 0 Å². The molecule has 0 saturated heterocycles. The van der Waals surface area contributed by atoms with Gasteiger partial charge < -0.3 is 14.6 Å². The van der Waals surface area contributed by atoms with Gasteiger partial charge in [0, 0.05) is 5.92 Å². The lowest BCUT2D eigenvalue weighted by Crippen LogP contribution is -2.51. The lowest BCUT2D eigenvalue weighted by Gasteiger charge is -2.52. The number of carbonyl (C=O) groups is 1. The molecular formula is C21H30O4. The summed E-state index contributed by atoms with van der Waals surface area (Å²) in [7, 11) is 3.18. The van der Waals surface area contributed by atoms with E-state index >= 15 is 0 Å². The van der Waals surface area contributed by atoms with Crippen LogP contribution in [0.3, 0.4) is 0 Å². The molecule has 0 aromatic heterocycles. The fourth-order valence-electron chi connectivity index (χ4n) is 5.04. The molecule has 4 nitrogen and oxygen atoms in total. The van der Waals surface area contributed by atoms with Gasteiger partial charge in [-0.05, 0) is 54.7 Å². The molecule has 2 aliphatic rings. The highest BCUT2D eigenvalue weighted by atomic mass is 16.5. The number of Topliss-reactive ketones (excluding diaryl/α,β-unsaturated/α-hetero) is 1. The number of hydrogen-bond acceptors (Lipinski definition) is 4. The highest BCUT2D eigenvalue weighted by Crippen LogP contribution is 2.53. The number of fused-ring (bicyclic) bond motifs is 1. The lowest BCUT2D eigenvalue weighted by atomic mass is 9.53. The molecule has 3 unspecified atom stereocenters. The predicted octanol–water partition coefficient (Wildman–Crippen LogP) is 4.10. The third-order valence-corrected chi connectivity index (χ3v) is 6.64. The molecule has 0 heterocycles. The molecule has 1 N–H and O–H groups in total. The number of hydrogen-bond donors (Lipinski definition) is 1. The Morgan fingerprint density at radius 2 is 1.88 bits per heavy atom. The van der Waals surface area contributed by atoms with Gasteiger partial charge in [-0.25, -0.2) is 0 Å². The fourth-order valence-corrected chi connectivity index (χ4v) is 5.04. The van der Waals surface area contributed by atoms with Gasteiger partial charge in [-0.3, -0.25) is 4.79 Å². The Kier molecular flexibility index (Phi) is 5.10. The van der Waals surface area contributed by atoms with Crippen LogP contribution in [-0.4, -0.2) is 31.2 Å². The van der Waals surface area contributed by atoms with E-state index in [1.54, 1.807) is 32.4 Å². The Hall–Kier alpha value is -1.55. The maximum absolute atomic E-state index is 13.4. The second-order valence-electron chi connectivity index (χ2n) is 8.16. The molecule has 138 valence electrons. The molecular weight excluding hydrogens is 316 g/mol. The largest absolute Gasteiger partial charge is 0.497 e. The monoisotopic (exact) mass is 346 g/mol. The first-order chi connectivity index (χ1) is 11.9. The number of aliphatic hydroxyl groups is 1. The zero-order chi connectivity index (χ0) is 18.2. The van der Waals surface area contributed by atoms with Crippen LogP contribution in [0.2, 0.25) is 0 Å². The van der Waals surface area contributed by atoms with Crippen molar-refractivity contribution in [3.8, 4) is 11.5 Å². The second-order valence-corrected chi connectivity index (χ2v) is 8.16. The number of benzene rings is 1. The summed E-state index contributed by atoms with van der Waals surface area (Å²) in [6.07, 6.45) is 4.63. The fraction of sp³-hybridized carbons (Fsp3) is 0.667. The van der Waals surface area contributed by atoms with Gasteiger partial charge >= 0.3 is 0 Å². The first-order valence-corrected chi connectivity index (χ1v) is 9.34. The minimum absolute atomic E-state index is 0.0854. The summed E-state index contributed by atoms with van der Waals surface area (Å²) in [4.78, 5) is 13.4. The van der Waals surface area contributed by atoms with Crippen LogP contribution in [-0.2, 0) is 0 Å². The zero-order valence-electron chi connectivity index (χ0n) is 15.7. The van der Waals surface area contributed by atoms with Gasteiger partial charge in [-0.1, -0.05) is 26.7 Å². The minimum atomic E-state index is -0.447. The summed E-state index contributed by atoms with van der Waals surface area (Å²) in [6.45, 7) is 4.32. The minimum Gasteiger partial charge on any atom is -0.497 e. The molecule has 0 bridgehead atoms. The smallest absolute Gasteiger partial charge is 0.170 e. The van der Waals surface area contributed by atoms with Gasteiger partial charge in [0.2, 0.25) is 0 Å². The Labute approximate surface area is 150 Å².